The fraction of sp³-hybridized carbons (Fsp3) is 0.700. The van der Waals surface area contributed by atoms with Crippen molar-refractivity contribution in [3.05, 3.63) is 24.4 Å². The van der Waals surface area contributed by atoms with Crippen LogP contribution in [0.5, 0.6) is 0 Å². The molecule has 0 amide bonds. The summed E-state index contributed by atoms with van der Waals surface area (Å²) in [5.74, 6) is 1.62. The molecular weight excluding hydrogens is 314 g/mol. The minimum atomic E-state index is -0.157. The van der Waals surface area contributed by atoms with E-state index in [1.807, 2.05) is 25.3 Å². The van der Waals surface area contributed by atoms with Gasteiger partial charge in [-0.05, 0) is 50.8 Å². The number of aromatic nitrogens is 1. The number of rotatable bonds is 9. The second-order valence-corrected chi connectivity index (χ2v) is 6.90. The van der Waals surface area contributed by atoms with Gasteiger partial charge in [0.1, 0.15) is 11.9 Å². The Hall–Kier alpha value is -1.62. The normalized spacial score (nSPS) is 16.9. The topological polar surface area (TPSA) is 45.7 Å². The Kier molecular flexibility index (Phi) is 8.19. The SMILES string of the molecule is CCCCOC(=O)[C@@H](C)N(CC)CC1CCN(c2ccccn2)CC1. The number of likely N-dealkylation sites (N-methyl/N-ethyl adjacent to an activating group) is 1. The fourth-order valence-electron chi connectivity index (χ4n) is 3.36. The Bertz CT molecular complexity index is 501. The summed E-state index contributed by atoms with van der Waals surface area (Å²) < 4.78 is 5.39. The lowest BCUT2D eigenvalue weighted by atomic mass is 9.95. The van der Waals surface area contributed by atoms with Crippen LogP contribution < -0.4 is 4.90 Å². The van der Waals surface area contributed by atoms with Gasteiger partial charge in [-0.1, -0.05) is 26.3 Å². The molecule has 25 heavy (non-hydrogen) atoms. The van der Waals surface area contributed by atoms with Crippen molar-refractivity contribution >= 4 is 11.8 Å². The van der Waals surface area contributed by atoms with Crippen molar-refractivity contribution in [2.45, 2.75) is 52.5 Å². The van der Waals surface area contributed by atoms with E-state index < -0.39 is 0 Å². The predicted octanol–water partition coefficient (Wildman–Crippen LogP) is 3.35. The summed E-state index contributed by atoms with van der Waals surface area (Å²) in [6.45, 7) is 10.7. The van der Waals surface area contributed by atoms with Crippen molar-refractivity contribution in [3.63, 3.8) is 0 Å². The van der Waals surface area contributed by atoms with E-state index in [9.17, 15) is 4.79 Å². The molecule has 1 fully saturated rings. The standard InChI is InChI=1S/C20H33N3O2/c1-4-6-15-25-20(24)17(3)22(5-2)16-18-10-13-23(14-11-18)19-9-7-8-12-21-19/h7-9,12,17-18H,4-6,10-11,13-16H2,1-3H3/t17-/m1/s1. The van der Waals surface area contributed by atoms with E-state index in [1.54, 1.807) is 0 Å². The highest BCUT2D eigenvalue weighted by Gasteiger charge is 2.26. The lowest BCUT2D eigenvalue weighted by molar-refractivity contribution is -0.149. The maximum absolute atomic E-state index is 12.2. The fourth-order valence-corrected chi connectivity index (χ4v) is 3.36. The third-order valence-corrected chi connectivity index (χ3v) is 5.12. The van der Waals surface area contributed by atoms with Gasteiger partial charge >= 0.3 is 5.97 Å². The molecule has 1 aromatic heterocycles. The number of nitrogens with zero attached hydrogens (tertiary/aromatic N) is 3. The minimum absolute atomic E-state index is 0.0822. The molecule has 2 rings (SSSR count). The number of carbonyl (C=O) groups excluding carboxylic acids is 1. The molecule has 1 atom stereocenters. The molecule has 0 spiro atoms. The Morgan fingerprint density at radius 1 is 1.36 bits per heavy atom. The molecule has 0 aliphatic carbocycles. The Labute approximate surface area is 152 Å². The molecule has 2 heterocycles. The van der Waals surface area contributed by atoms with Crippen LogP contribution in [0.4, 0.5) is 5.82 Å². The number of ether oxygens (including phenoxy) is 1. The van der Waals surface area contributed by atoms with Gasteiger partial charge in [0.15, 0.2) is 0 Å². The molecule has 140 valence electrons. The summed E-state index contributed by atoms with van der Waals surface area (Å²) in [4.78, 5) is 21.3. The largest absolute Gasteiger partial charge is 0.465 e. The van der Waals surface area contributed by atoms with Crippen LogP contribution in [0.3, 0.4) is 0 Å². The number of pyridine rings is 1. The molecule has 1 saturated heterocycles. The predicted molar refractivity (Wildman–Crippen MR) is 102 cm³/mol. The minimum Gasteiger partial charge on any atom is -0.465 e. The molecule has 0 radical (unpaired) electrons. The zero-order valence-electron chi connectivity index (χ0n) is 16.0. The smallest absolute Gasteiger partial charge is 0.323 e. The van der Waals surface area contributed by atoms with Gasteiger partial charge in [0, 0.05) is 25.8 Å². The maximum Gasteiger partial charge on any atom is 0.323 e. The van der Waals surface area contributed by atoms with Crippen molar-refractivity contribution in [2.24, 2.45) is 5.92 Å². The summed E-state index contributed by atoms with van der Waals surface area (Å²) in [7, 11) is 0. The molecular formula is C20H33N3O2. The molecule has 1 aromatic rings. The second-order valence-electron chi connectivity index (χ2n) is 6.90. The Morgan fingerprint density at radius 2 is 2.12 bits per heavy atom. The summed E-state index contributed by atoms with van der Waals surface area (Å²) in [5, 5.41) is 0. The molecule has 1 aliphatic heterocycles. The van der Waals surface area contributed by atoms with E-state index in [-0.39, 0.29) is 12.0 Å². The van der Waals surface area contributed by atoms with Gasteiger partial charge in [-0.15, -0.1) is 0 Å². The number of piperidine rings is 1. The zero-order valence-corrected chi connectivity index (χ0v) is 16.0. The molecule has 0 saturated carbocycles. The van der Waals surface area contributed by atoms with Crippen molar-refractivity contribution in [3.8, 4) is 0 Å². The number of hydrogen-bond donors (Lipinski definition) is 0. The zero-order chi connectivity index (χ0) is 18.1. The van der Waals surface area contributed by atoms with Crippen LogP contribution in [-0.2, 0) is 9.53 Å². The van der Waals surface area contributed by atoms with Crippen LogP contribution in [0.1, 0.15) is 46.5 Å². The summed E-state index contributed by atoms with van der Waals surface area (Å²) in [5.41, 5.74) is 0. The summed E-state index contributed by atoms with van der Waals surface area (Å²) in [6, 6.07) is 5.92. The quantitative estimate of drug-likeness (QED) is 0.506. The van der Waals surface area contributed by atoms with E-state index >= 15 is 0 Å². The van der Waals surface area contributed by atoms with Crippen molar-refractivity contribution < 1.29 is 9.53 Å². The molecule has 0 bridgehead atoms. The van der Waals surface area contributed by atoms with E-state index in [4.69, 9.17) is 4.74 Å². The van der Waals surface area contributed by atoms with Gasteiger partial charge in [-0.25, -0.2) is 4.98 Å². The number of anilines is 1. The van der Waals surface area contributed by atoms with Gasteiger partial charge in [0.2, 0.25) is 0 Å². The molecule has 0 unspecified atom stereocenters. The molecule has 0 aromatic carbocycles. The van der Waals surface area contributed by atoms with E-state index in [0.29, 0.717) is 12.5 Å². The average molecular weight is 348 g/mol. The maximum atomic E-state index is 12.2. The van der Waals surface area contributed by atoms with Gasteiger partial charge in [-0.3, -0.25) is 9.69 Å². The number of esters is 1. The lowest BCUT2D eigenvalue weighted by Crippen LogP contribution is -2.45. The van der Waals surface area contributed by atoms with Crippen LogP contribution in [0.15, 0.2) is 24.4 Å². The van der Waals surface area contributed by atoms with Crippen LogP contribution >= 0.6 is 0 Å². The number of carbonyl (C=O) groups is 1. The second kappa shape index (κ2) is 10.4. The third kappa shape index (κ3) is 5.99. The van der Waals surface area contributed by atoms with Gasteiger partial charge in [-0.2, -0.15) is 0 Å². The van der Waals surface area contributed by atoms with Crippen LogP contribution in [0, 0.1) is 5.92 Å². The van der Waals surface area contributed by atoms with Crippen molar-refractivity contribution in [1.82, 2.24) is 9.88 Å². The van der Waals surface area contributed by atoms with Gasteiger partial charge in [0.05, 0.1) is 6.61 Å². The molecule has 1 aliphatic rings. The first-order chi connectivity index (χ1) is 12.2. The Balaban J connectivity index is 1.79. The van der Waals surface area contributed by atoms with Crippen molar-refractivity contribution in [1.29, 1.82) is 0 Å². The lowest BCUT2D eigenvalue weighted by Gasteiger charge is -2.36. The number of unbranched alkanes of at least 4 members (excludes halogenated alkanes) is 1. The van der Waals surface area contributed by atoms with E-state index in [0.717, 1.165) is 57.7 Å². The molecule has 5 nitrogen and oxygen atoms in total. The average Bonchev–Trinajstić information content (AvgIpc) is 2.67. The highest BCUT2D eigenvalue weighted by Crippen LogP contribution is 2.23. The summed E-state index contributed by atoms with van der Waals surface area (Å²) >= 11 is 0. The first kappa shape index (κ1) is 19.7. The van der Waals surface area contributed by atoms with E-state index in [1.165, 1.54) is 0 Å². The Morgan fingerprint density at radius 3 is 2.72 bits per heavy atom. The van der Waals surface area contributed by atoms with Crippen LogP contribution in [0.25, 0.3) is 0 Å². The molecule has 5 heteroatoms. The van der Waals surface area contributed by atoms with Crippen LogP contribution in [-0.4, -0.2) is 54.7 Å². The van der Waals surface area contributed by atoms with E-state index in [2.05, 4.69) is 34.7 Å². The summed E-state index contributed by atoms with van der Waals surface area (Å²) in [6.07, 6.45) is 6.13. The van der Waals surface area contributed by atoms with Gasteiger partial charge < -0.3 is 9.64 Å². The van der Waals surface area contributed by atoms with Crippen molar-refractivity contribution in [2.75, 3.05) is 37.7 Å². The monoisotopic (exact) mass is 347 g/mol. The number of hydrogen-bond acceptors (Lipinski definition) is 5. The highest BCUT2D eigenvalue weighted by molar-refractivity contribution is 5.75. The highest BCUT2D eigenvalue weighted by atomic mass is 16.5. The first-order valence-electron chi connectivity index (χ1n) is 9.72. The third-order valence-electron chi connectivity index (χ3n) is 5.12. The first-order valence-corrected chi connectivity index (χ1v) is 9.72. The van der Waals surface area contributed by atoms with Gasteiger partial charge in [0.25, 0.3) is 0 Å². The van der Waals surface area contributed by atoms with Crippen LogP contribution in [0.2, 0.25) is 0 Å². The molecule has 0 N–H and O–H groups in total.